The third kappa shape index (κ3) is 3.15. The summed E-state index contributed by atoms with van der Waals surface area (Å²) in [4.78, 5) is 30.7. The summed E-state index contributed by atoms with van der Waals surface area (Å²) in [6.07, 6.45) is 3.04. The molecule has 25 heavy (non-hydrogen) atoms. The second-order valence-electron chi connectivity index (χ2n) is 6.32. The van der Waals surface area contributed by atoms with Crippen LogP contribution in [0.5, 0.6) is 0 Å². The van der Waals surface area contributed by atoms with Gasteiger partial charge < -0.3 is 14.0 Å². The van der Waals surface area contributed by atoms with Crippen molar-refractivity contribution < 1.29 is 19.1 Å². The predicted molar refractivity (Wildman–Crippen MR) is 90.1 cm³/mol. The first kappa shape index (κ1) is 17.2. The Labute approximate surface area is 146 Å². The fourth-order valence-corrected chi connectivity index (χ4v) is 3.14. The summed E-state index contributed by atoms with van der Waals surface area (Å²) in [5.74, 6) is -1.13. The molecule has 0 saturated carbocycles. The van der Waals surface area contributed by atoms with Crippen LogP contribution < -0.4 is 0 Å². The molecule has 0 spiro atoms. The van der Waals surface area contributed by atoms with Crippen LogP contribution in [0.2, 0.25) is 0 Å². The summed E-state index contributed by atoms with van der Waals surface area (Å²) in [5, 5.41) is 0. The second kappa shape index (κ2) is 6.68. The number of hydrogen-bond acceptors (Lipinski definition) is 6. The fourth-order valence-electron chi connectivity index (χ4n) is 3.14. The van der Waals surface area contributed by atoms with Crippen LogP contribution in [0.3, 0.4) is 0 Å². The van der Waals surface area contributed by atoms with E-state index in [1.54, 1.807) is 10.9 Å². The summed E-state index contributed by atoms with van der Waals surface area (Å²) in [6.45, 7) is 2.60. The molecular formula is C18H21N3O4. The number of rotatable bonds is 5. The summed E-state index contributed by atoms with van der Waals surface area (Å²) in [6, 6.07) is 9.69. The average molecular weight is 343 g/mol. The van der Waals surface area contributed by atoms with Crippen LogP contribution in [0.1, 0.15) is 29.0 Å². The van der Waals surface area contributed by atoms with E-state index in [4.69, 9.17) is 9.47 Å². The van der Waals surface area contributed by atoms with Crippen LogP contribution in [-0.2, 0) is 14.3 Å². The number of likely N-dealkylation sites (tertiary alicyclic amines) is 1. The molecule has 0 unspecified atom stereocenters. The molecule has 0 radical (unpaired) electrons. The van der Waals surface area contributed by atoms with E-state index in [0.717, 1.165) is 5.56 Å². The number of esters is 2. The van der Waals surface area contributed by atoms with E-state index < -0.39 is 17.5 Å². The maximum atomic E-state index is 12.7. The van der Waals surface area contributed by atoms with Crippen LogP contribution in [0.25, 0.3) is 0 Å². The first-order chi connectivity index (χ1) is 12.0. The number of ether oxygens (including phenoxy) is 2. The summed E-state index contributed by atoms with van der Waals surface area (Å²) >= 11 is 0. The number of hydrogen-bond donors (Lipinski definition) is 0. The molecule has 1 aliphatic heterocycles. The van der Waals surface area contributed by atoms with Crippen molar-refractivity contribution in [1.29, 1.82) is 0 Å². The summed E-state index contributed by atoms with van der Waals surface area (Å²) < 4.78 is 12.1. The normalized spacial score (nSPS) is 17.4. The highest BCUT2D eigenvalue weighted by Crippen LogP contribution is 2.28. The number of nitrogens with zero attached hydrogens (tertiary/aromatic N) is 3. The number of imidazole rings is 1. The van der Waals surface area contributed by atoms with E-state index in [2.05, 4.69) is 4.98 Å². The smallest absolute Gasteiger partial charge is 0.357 e. The van der Waals surface area contributed by atoms with Gasteiger partial charge in [0.05, 0.1) is 38.8 Å². The van der Waals surface area contributed by atoms with Crippen molar-refractivity contribution in [1.82, 2.24) is 14.5 Å². The number of benzene rings is 1. The van der Waals surface area contributed by atoms with Crippen LogP contribution in [0.4, 0.5) is 0 Å². The third-order valence-electron chi connectivity index (χ3n) is 4.47. The van der Waals surface area contributed by atoms with Gasteiger partial charge in [0, 0.05) is 0 Å². The number of aromatic nitrogens is 2. The van der Waals surface area contributed by atoms with Gasteiger partial charge in [0.15, 0.2) is 0 Å². The van der Waals surface area contributed by atoms with Crippen molar-refractivity contribution in [3.8, 4) is 0 Å². The minimum absolute atomic E-state index is 0.0932. The Kier molecular flexibility index (Phi) is 4.59. The van der Waals surface area contributed by atoms with Crippen molar-refractivity contribution >= 4 is 11.9 Å². The lowest BCUT2D eigenvalue weighted by molar-refractivity contribution is -0.180. The van der Waals surface area contributed by atoms with Crippen LogP contribution >= 0.6 is 0 Å². The van der Waals surface area contributed by atoms with Gasteiger partial charge in [0.25, 0.3) is 0 Å². The summed E-state index contributed by atoms with van der Waals surface area (Å²) in [7, 11) is 3.13. The Bertz CT molecular complexity index is 766. The SMILES string of the molecule is COC(=O)C1(OC(=O)c2cncn2[C@H](C)c2ccccc2)CN(C)C1. The van der Waals surface area contributed by atoms with Crippen molar-refractivity contribution in [2.45, 2.75) is 18.6 Å². The van der Waals surface area contributed by atoms with E-state index in [1.807, 2.05) is 49.2 Å². The number of likely N-dealkylation sites (N-methyl/N-ethyl adjacent to an activating group) is 1. The van der Waals surface area contributed by atoms with Gasteiger partial charge in [-0.15, -0.1) is 0 Å². The Hall–Kier alpha value is -2.67. The Morgan fingerprint density at radius 1 is 1.24 bits per heavy atom. The monoisotopic (exact) mass is 343 g/mol. The maximum absolute atomic E-state index is 12.7. The van der Waals surface area contributed by atoms with E-state index in [9.17, 15) is 9.59 Å². The highest BCUT2D eigenvalue weighted by Gasteiger charge is 2.53. The van der Waals surface area contributed by atoms with Crippen LogP contribution in [-0.4, -0.2) is 59.2 Å². The molecule has 7 heteroatoms. The van der Waals surface area contributed by atoms with Crippen molar-refractivity contribution in [3.05, 3.63) is 54.1 Å². The molecule has 0 N–H and O–H groups in total. The third-order valence-corrected chi connectivity index (χ3v) is 4.47. The van der Waals surface area contributed by atoms with E-state index in [0.29, 0.717) is 18.8 Å². The van der Waals surface area contributed by atoms with Gasteiger partial charge in [-0.05, 0) is 19.5 Å². The molecule has 1 fully saturated rings. The van der Waals surface area contributed by atoms with Gasteiger partial charge in [-0.25, -0.2) is 14.6 Å². The highest BCUT2D eigenvalue weighted by molar-refractivity contribution is 5.92. The maximum Gasteiger partial charge on any atom is 0.357 e. The largest absolute Gasteiger partial charge is 0.466 e. The van der Waals surface area contributed by atoms with Crippen LogP contribution in [0, 0.1) is 0 Å². The molecule has 0 bridgehead atoms. The predicted octanol–water partition coefficient (Wildman–Crippen LogP) is 1.51. The zero-order valence-electron chi connectivity index (χ0n) is 14.5. The minimum Gasteiger partial charge on any atom is -0.466 e. The molecule has 132 valence electrons. The van der Waals surface area contributed by atoms with Gasteiger partial charge in [-0.2, -0.15) is 0 Å². The highest BCUT2D eigenvalue weighted by atomic mass is 16.6. The zero-order valence-corrected chi connectivity index (χ0v) is 14.5. The van der Waals surface area contributed by atoms with E-state index >= 15 is 0 Å². The second-order valence-corrected chi connectivity index (χ2v) is 6.32. The molecule has 2 heterocycles. The molecule has 1 aliphatic rings. The molecule has 1 saturated heterocycles. The summed E-state index contributed by atoms with van der Waals surface area (Å²) in [5.41, 5.74) is 0.0980. The quantitative estimate of drug-likeness (QED) is 0.766. The number of carbonyl (C=O) groups excluding carboxylic acids is 2. The fraction of sp³-hybridized carbons (Fsp3) is 0.389. The van der Waals surface area contributed by atoms with Crippen molar-refractivity contribution in [3.63, 3.8) is 0 Å². The zero-order chi connectivity index (χ0) is 18.0. The lowest BCUT2D eigenvalue weighted by Gasteiger charge is -2.44. The Morgan fingerprint density at radius 2 is 1.92 bits per heavy atom. The molecule has 1 atom stereocenters. The number of methoxy groups -OCH3 is 1. The first-order valence-corrected chi connectivity index (χ1v) is 8.04. The molecular weight excluding hydrogens is 322 g/mol. The Balaban J connectivity index is 1.82. The lowest BCUT2D eigenvalue weighted by atomic mass is 9.94. The van der Waals surface area contributed by atoms with Gasteiger partial charge in [-0.3, -0.25) is 4.90 Å². The molecule has 0 aliphatic carbocycles. The van der Waals surface area contributed by atoms with E-state index in [1.165, 1.54) is 13.3 Å². The average Bonchev–Trinajstić information content (AvgIpc) is 3.09. The van der Waals surface area contributed by atoms with Gasteiger partial charge in [0.1, 0.15) is 5.69 Å². The molecule has 2 aromatic rings. The van der Waals surface area contributed by atoms with Gasteiger partial charge in [-0.1, -0.05) is 30.3 Å². The number of carbonyl (C=O) groups is 2. The van der Waals surface area contributed by atoms with Crippen molar-refractivity contribution in [2.75, 3.05) is 27.2 Å². The molecule has 7 nitrogen and oxygen atoms in total. The van der Waals surface area contributed by atoms with Crippen molar-refractivity contribution in [2.24, 2.45) is 0 Å². The lowest BCUT2D eigenvalue weighted by Crippen LogP contribution is -2.67. The van der Waals surface area contributed by atoms with E-state index in [-0.39, 0.29) is 6.04 Å². The van der Waals surface area contributed by atoms with Gasteiger partial charge in [0.2, 0.25) is 5.60 Å². The van der Waals surface area contributed by atoms with Gasteiger partial charge >= 0.3 is 11.9 Å². The molecule has 1 aromatic carbocycles. The standard InChI is InChI=1S/C18H21N3O4/c1-13(14-7-5-4-6-8-14)21-12-19-9-15(21)16(22)25-18(17(23)24-3)10-20(2)11-18/h4-9,12-13H,10-11H2,1-3H3/t13-/m1/s1. The topological polar surface area (TPSA) is 73.7 Å². The first-order valence-electron chi connectivity index (χ1n) is 8.04. The van der Waals surface area contributed by atoms with Crippen LogP contribution in [0.15, 0.2) is 42.9 Å². The molecule has 1 aromatic heterocycles. The Morgan fingerprint density at radius 3 is 2.52 bits per heavy atom. The molecule has 3 rings (SSSR count). The molecule has 0 amide bonds. The minimum atomic E-state index is -1.24.